The van der Waals surface area contributed by atoms with Gasteiger partial charge in [0.15, 0.2) is 0 Å². The second kappa shape index (κ2) is 6.21. The fraction of sp³-hybridized carbons (Fsp3) is 0.167. The summed E-state index contributed by atoms with van der Waals surface area (Å²) in [7, 11) is 0. The van der Waals surface area contributed by atoms with E-state index in [4.69, 9.17) is 0 Å². The number of rotatable bonds is 4. The van der Waals surface area contributed by atoms with Crippen molar-refractivity contribution in [3.8, 4) is 0 Å². The van der Waals surface area contributed by atoms with E-state index in [1.807, 2.05) is 6.08 Å². The Balaban J connectivity index is 1.86. The molecule has 2 aromatic heterocycles. The summed E-state index contributed by atoms with van der Waals surface area (Å²) in [4.78, 5) is 21.7. The number of nitrogens with zero attached hydrogens (tertiary/aromatic N) is 1. The molecule has 2 aromatic rings. The van der Waals surface area contributed by atoms with Crippen molar-refractivity contribution in [2.75, 3.05) is 6.54 Å². The average Bonchev–Trinajstić information content (AvgIpc) is 2.92. The lowest BCUT2D eigenvalue weighted by atomic mass is 10.3. The molecule has 0 aliphatic carbocycles. The molecule has 0 saturated heterocycles. The fourth-order valence-electron chi connectivity index (χ4n) is 1.52. The number of aromatic amines is 2. The lowest BCUT2D eigenvalue weighted by molar-refractivity contribution is 0.0950. The summed E-state index contributed by atoms with van der Waals surface area (Å²) in [5.41, 5.74) is 1.15. The van der Waals surface area contributed by atoms with Crippen molar-refractivity contribution in [2.24, 2.45) is 0 Å². The molecule has 0 atom stereocenters. The van der Waals surface area contributed by atoms with Gasteiger partial charge >= 0.3 is 0 Å². The number of hydrogen-bond acceptors (Lipinski definition) is 2. The molecule has 0 saturated carbocycles. The van der Waals surface area contributed by atoms with Crippen molar-refractivity contribution >= 4 is 50.4 Å². The van der Waals surface area contributed by atoms with Crippen LogP contribution in [0.15, 0.2) is 21.3 Å². The maximum Gasteiger partial charge on any atom is 0.267 e. The summed E-state index contributed by atoms with van der Waals surface area (Å²) >= 11 is 6.61. The van der Waals surface area contributed by atoms with Gasteiger partial charge in [-0.2, -0.15) is 0 Å². The van der Waals surface area contributed by atoms with Crippen molar-refractivity contribution in [2.45, 2.75) is 6.42 Å². The number of carbonyl (C=O) groups excluding carboxylic acids is 1. The average molecular weight is 388 g/mol. The Labute approximate surface area is 126 Å². The minimum absolute atomic E-state index is 0.137. The largest absolute Gasteiger partial charge is 0.350 e. The van der Waals surface area contributed by atoms with Gasteiger partial charge in [-0.1, -0.05) is 12.7 Å². The van der Waals surface area contributed by atoms with Gasteiger partial charge in [0.2, 0.25) is 0 Å². The van der Waals surface area contributed by atoms with Gasteiger partial charge in [0.1, 0.15) is 11.2 Å². The molecule has 19 heavy (non-hydrogen) atoms. The van der Waals surface area contributed by atoms with Crippen LogP contribution in [-0.4, -0.2) is 27.4 Å². The maximum atomic E-state index is 11.8. The van der Waals surface area contributed by atoms with Crippen molar-refractivity contribution in [3.05, 3.63) is 37.9 Å². The van der Waals surface area contributed by atoms with E-state index in [1.165, 1.54) is 0 Å². The van der Waals surface area contributed by atoms with E-state index in [-0.39, 0.29) is 5.91 Å². The normalized spacial score (nSPS) is 11.8. The van der Waals surface area contributed by atoms with Gasteiger partial charge in [-0.05, 0) is 44.3 Å². The summed E-state index contributed by atoms with van der Waals surface area (Å²) in [6.45, 7) is 4.23. The van der Waals surface area contributed by atoms with Gasteiger partial charge in [-0.15, -0.1) is 0 Å². The van der Waals surface area contributed by atoms with Crippen LogP contribution in [0.4, 0.5) is 0 Å². The monoisotopic (exact) mass is 386 g/mol. The third kappa shape index (κ3) is 3.81. The third-order valence-corrected chi connectivity index (χ3v) is 4.19. The molecule has 0 bridgehead atoms. The van der Waals surface area contributed by atoms with Gasteiger partial charge in [-0.25, -0.2) is 4.98 Å². The summed E-state index contributed by atoms with van der Waals surface area (Å²) in [6, 6.07) is 1.73. The second-order valence-corrected chi connectivity index (χ2v) is 5.53. The number of nitrogens with one attached hydrogen (secondary N) is 3. The highest BCUT2D eigenvalue weighted by Crippen LogP contribution is 2.22. The molecule has 2 rings (SSSR count). The van der Waals surface area contributed by atoms with E-state index in [1.54, 1.807) is 12.3 Å². The minimum atomic E-state index is -0.137. The maximum absolute atomic E-state index is 11.8. The molecular formula is C12H12Br2N4O. The number of hydrogen-bond donors (Lipinski definition) is 3. The minimum Gasteiger partial charge on any atom is -0.350 e. The number of halogens is 2. The Morgan fingerprint density at radius 1 is 1.47 bits per heavy atom. The smallest absolute Gasteiger partial charge is 0.267 e. The third-order valence-electron chi connectivity index (χ3n) is 2.41. The molecule has 0 aliphatic heterocycles. The van der Waals surface area contributed by atoms with Crippen LogP contribution in [0.25, 0.3) is 12.7 Å². The molecule has 0 unspecified atom stereocenters. The highest BCUT2D eigenvalue weighted by Gasteiger charge is 2.09. The lowest BCUT2D eigenvalue weighted by Crippen LogP contribution is -2.24. The zero-order valence-corrected chi connectivity index (χ0v) is 13.1. The van der Waals surface area contributed by atoms with E-state index in [2.05, 4.69) is 58.7 Å². The quantitative estimate of drug-likeness (QED) is 0.691. The van der Waals surface area contributed by atoms with Crippen molar-refractivity contribution < 1.29 is 4.79 Å². The lowest BCUT2D eigenvalue weighted by Gasteiger charge is -2.00. The Bertz CT molecular complexity index is 669. The molecule has 2 heterocycles. The van der Waals surface area contributed by atoms with Crippen LogP contribution in [0.3, 0.4) is 0 Å². The van der Waals surface area contributed by atoms with Crippen molar-refractivity contribution in [3.63, 3.8) is 0 Å². The summed E-state index contributed by atoms with van der Waals surface area (Å²) in [5, 5.41) is 3.73. The fourth-order valence-corrected chi connectivity index (χ4v) is 2.17. The highest BCUT2D eigenvalue weighted by molar-refractivity contribution is 9.13. The topological polar surface area (TPSA) is 73.6 Å². The molecule has 0 fully saturated rings. The van der Waals surface area contributed by atoms with Crippen molar-refractivity contribution in [1.29, 1.82) is 0 Å². The van der Waals surface area contributed by atoms with Crippen LogP contribution >= 0.6 is 31.9 Å². The number of aromatic nitrogens is 3. The Morgan fingerprint density at radius 2 is 2.26 bits per heavy atom. The van der Waals surface area contributed by atoms with Gasteiger partial charge in [0.05, 0.1) is 20.6 Å². The highest BCUT2D eigenvalue weighted by atomic mass is 79.9. The molecule has 5 nitrogen and oxygen atoms in total. The van der Waals surface area contributed by atoms with E-state index in [0.717, 1.165) is 20.8 Å². The number of carbonyl (C=O) groups is 1. The van der Waals surface area contributed by atoms with E-state index in [0.29, 0.717) is 17.7 Å². The number of amides is 1. The molecule has 0 radical (unpaired) electrons. The van der Waals surface area contributed by atoms with Gasteiger partial charge in [0, 0.05) is 6.54 Å². The molecule has 1 amide bonds. The summed E-state index contributed by atoms with van der Waals surface area (Å²) in [6.07, 6.45) is 4.39. The predicted molar refractivity (Wildman–Crippen MR) is 81.0 cm³/mol. The van der Waals surface area contributed by atoms with Crippen LogP contribution in [0.5, 0.6) is 0 Å². The second-order valence-electron chi connectivity index (χ2n) is 3.88. The van der Waals surface area contributed by atoms with E-state index in [9.17, 15) is 4.79 Å². The SMILES string of the molecule is C=c1nc/c(=C\CCNC(=O)c2cc(Br)c(Br)[nH]2)[nH]1. The van der Waals surface area contributed by atoms with Crippen molar-refractivity contribution in [1.82, 2.24) is 20.3 Å². The van der Waals surface area contributed by atoms with E-state index < -0.39 is 0 Å². The van der Waals surface area contributed by atoms with Gasteiger partial charge in [0.25, 0.3) is 5.91 Å². The standard InChI is InChI=1S/C12H12Br2N4O/c1-7-16-6-8(17-7)3-2-4-15-12(19)10-5-9(13)11(14)18-10/h3,5-6,17-18H,1-2,4H2,(H,15,19)/b8-3+. The van der Waals surface area contributed by atoms with Crippen LogP contribution < -0.4 is 16.1 Å². The Morgan fingerprint density at radius 3 is 2.84 bits per heavy atom. The molecule has 0 aliphatic rings. The molecule has 0 aromatic carbocycles. The molecule has 3 N–H and O–H groups in total. The predicted octanol–water partition coefficient (Wildman–Crippen LogP) is 1.27. The Kier molecular flexibility index (Phi) is 4.60. The van der Waals surface area contributed by atoms with Gasteiger partial charge < -0.3 is 15.3 Å². The first-order valence-electron chi connectivity index (χ1n) is 5.58. The van der Waals surface area contributed by atoms with Crippen LogP contribution in [0.1, 0.15) is 16.9 Å². The van der Waals surface area contributed by atoms with Crippen LogP contribution in [0, 0.1) is 0 Å². The Hall–Kier alpha value is -1.34. The first-order valence-corrected chi connectivity index (χ1v) is 7.17. The van der Waals surface area contributed by atoms with Crippen LogP contribution in [0.2, 0.25) is 0 Å². The molecule has 7 heteroatoms. The molecule has 100 valence electrons. The summed E-state index contributed by atoms with van der Waals surface area (Å²) in [5.74, 6) is -0.137. The first kappa shape index (κ1) is 14.1. The van der Waals surface area contributed by atoms with Crippen LogP contribution in [-0.2, 0) is 0 Å². The summed E-state index contributed by atoms with van der Waals surface area (Å²) < 4.78 is 1.58. The zero-order chi connectivity index (χ0) is 13.8. The van der Waals surface area contributed by atoms with Gasteiger partial charge in [-0.3, -0.25) is 4.79 Å². The first-order chi connectivity index (χ1) is 9.06. The van der Waals surface area contributed by atoms with E-state index >= 15 is 0 Å². The molecular weight excluding hydrogens is 376 g/mol. The molecule has 0 spiro atoms. The number of imidazole rings is 1. The zero-order valence-electron chi connectivity index (χ0n) is 9.96. The number of H-pyrrole nitrogens is 2.